The number of hydrogen-bond acceptors (Lipinski definition) is 3. The van der Waals surface area contributed by atoms with Crippen molar-refractivity contribution in [2.75, 3.05) is 13.2 Å². The van der Waals surface area contributed by atoms with Gasteiger partial charge in [-0.15, -0.1) is 0 Å². The fraction of sp³-hybridized carbons (Fsp3) is 0.424. The highest BCUT2D eigenvalue weighted by Gasteiger charge is 2.31. The monoisotopic (exact) mass is 537 g/mol. The van der Waals surface area contributed by atoms with Gasteiger partial charge in [-0.25, -0.2) is 4.79 Å². The number of carboxylic acids is 1. The molecule has 0 amide bonds. The number of rotatable bonds is 3. The second kappa shape index (κ2) is 9.16. The van der Waals surface area contributed by atoms with Gasteiger partial charge < -0.3 is 28.7 Å². The van der Waals surface area contributed by atoms with Crippen molar-refractivity contribution in [3.63, 3.8) is 0 Å². The Morgan fingerprint density at radius 1 is 0.850 bits per heavy atom. The van der Waals surface area contributed by atoms with Crippen LogP contribution in [-0.2, 0) is 17.8 Å². The van der Waals surface area contributed by atoms with E-state index in [-0.39, 0.29) is 6.04 Å². The largest absolute Gasteiger partial charge is 0.493 e. The predicted octanol–water partition coefficient (Wildman–Crippen LogP) is 7.42. The van der Waals surface area contributed by atoms with Crippen LogP contribution in [0.1, 0.15) is 79.2 Å². The van der Waals surface area contributed by atoms with E-state index < -0.39 is 5.97 Å². The molecular formula is C33H35N3O4. The minimum atomic E-state index is -0.884. The molecule has 7 heteroatoms. The van der Waals surface area contributed by atoms with E-state index in [0.717, 1.165) is 62.0 Å². The maximum Gasteiger partial charge on any atom is 0.335 e. The van der Waals surface area contributed by atoms with Gasteiger partial charge in [0.25, 0.3) is 0 Å². The number of fused-ring (bicyclic) bond motifs is 7. The summed E-state index contributed by atoms with van der Waals surface area (Å²) in [5.74, 6) is -0.0574. The predicted molar refractivity (Wildman–Crippen MR) is 157 cm³/mol. The molecule has 2 N–H and O–H groups in total. The van der Waals surface area contributed by atoms with Gasteiger partial charge in [0.2, 0.25) is 5.88 Å². The first-order valence-electron chi connectivity index (χ1n) is 14.9. The van der Waals surface area contributed by atoms with E-state index in [1.54, 1.807) is 6.07 Å². The summed E-state index contributed by atoms with van der Waals surface area (Å²) in [6.45, 7) is 3.06. The number of aromatic hydroxyl groups is 1. The van der Waals surface area contributed by atoms with E-state index >= 15 is 0 Å². The van der Waals surface area contributed by atoms with Crippen molar-refractivity contribution in [3.05, 3.63) is 53.7 Å². The Kier molecular flexibility index (Phi) is 5.53. The molecule has 5 aromatic rings. The summed E-state index contributed by atoms with van der Waals surface area (Å²) in [5, 5.41) is 24.9. The molecule has 1 saturated carbocycles. The summed E-state index contributed by atoms with van der Waals surface area (Å²) >= 11 is 0. The van der Waals surface area contributed by atoms with Crippen molar-refractivity contribution in [2.45, 2.75) is 76.4 Å². The Morgan fingerprint density at radius 3 is 2.45 bits per heavy atom. The molecule has 1 aliphatic carbocycles. The van der Waals surface area contributed by atoms with Crippen molar-refractivity contribution < 1.29 is 19.7 Å². The quantitative estimate of drug-likeness (QED) is 0.251. The maximum atomic E-state index is 12.0. The third-order valence-corrected chi connectivity index (χ3v) is 9.81. The zero-order valence-electron chi connectivity index (χ0n) is 22.7. The summed E-state index contributed by atoms with van der Waals surface area (Å²) < 4.78 is 12.4. The molecule has 0 spiro atoms. The molecule has 8 rings (SSSR count). The normalized spacial score (nSPS) is 18.8. The Hall–Kier alpha value is -3.71. The van der Waals surface area contributed by atoms with Gasteiger partial charge in [-0.05, 0) is 55.7 Å². The topological polar surface area (TPSA) is 81.5 Å². The van der Waals surface area contributed by atoms with Gasteiger partial charge in [0, 0.05) is 65.8 Å². The Morgan fingerprint density at radius 2 is 1.65 bits per heavy atom. The summed E-state index contributed by atoms with van der Waals surface area (Å²) in [4.78, 5) is 12.0. The van der Waals surface area contributed by atoms with Gasteiger partial charge in [-0.2, -0.15) is 0 Å². The summed E-state index contributed by atoms with van der Waals surface area (Å²) in [6.07, 6.45) is 11.0. The zero-order chi connectivity index (χ0) is 27.0. The highest BCUT2D eigenvalue weighted by molar-refractivity contribution is 6.15. The number of carbonyl (C=O) groups is 1. The number of hydrogen-bond donors (Lipinski definition) is 2. The van der Waals surface area contributed by atoms with Crippen LogP contribution in [0.5, 0.6) is 5.88 Å². The SMILES string of the molecule is O=C(O)c1ccc2c(C3CCCCC3)c3n(c2c1)CCCn1c2c-3cccc2c2cn(C3CCOCC3)c(O)c21. The average Bonchev–Trinajstić information content (AvgIpc) is 3.60. The Balaban J connectivity index is 1.43. The smallest absolute Gasteiger partial charge is 0.335 e. The lowest BCUT2D eigenvalue weighted by Crippen LogP contribution is -2.18. The summed E-state index contributed by atoms with van der Waals surface area (Å²) in [6, 6.07) is 12.6. The molecule has 0 atom stereocenters. The molecule has 2 aromatic carbocycles. The van der Waals surface area contributed by atoms with Crippen LogP contribution in [0.25, 0.3) is 44.0 Å². The summed E-state index contributed by atoms with van der Waals surface area (Å²) in [7, 11) is 0. The van der Waals surface area contributed by atoms with E-state index in [2.05, 4.69) is 44.2 Å². The first kappa shape index (κ1) is 24.1. The molecule has 2 aliphatic heterocycles. The van der Waals surface area contributed by atoms with Crippen molar-refractivity contribution in [1.29, 1.82) is 0 Å². The average molecular weight is 538 g/mol. The van der Waals surface area contributed by atoms with Crippen molar-refractivity contribution in [1.82, 2.24) is 13.7 Å². The van der Waals surface area contributed by atoms with Gasteiger partial charge in [0.1, 0.15) is 5.52 Å². The van der Waals surface area contributed by atoms with Crippen molar-refractivity contribution in [2.24, 2.45) is 0 Å². The van der Waals surface area contributed by atoms with E-state index in [9.17, 15) is 15.0 Å². The number of nitrogens with zero attached hydrogens (tertiary/aromatic N) is 3. The van der Waals surface area contributed by atoms with Crippen LogP contribution < -0.4 is 0 Å². The number of para-hydroxylation sites is 1. The molecule has 0 unspecified atom stereocenters. The Bertz CT molecular complexity index is 1790. The number of ether oxygens (including phenoxy) is 1. The number of aromatic nitrogens is 3. The molecule has 7 nitrogen and oxygen atoms in total. The van der Waals surface area contributed by atoms with E-state index in [4.69, 9.17) is 4.74 Å². The molecule has 0 bridgehead atoms. The molecule has 206 valence electrons. The number of benzene rings is 2. The lowest BCUT2D eigenvalue weighted by Gasteiger charge is -2.26. The minimum absolute atomic E-state index is 0.254. The third kappa shape index (κ3) is 3.43. The van der Waals surface area contributed by atoms with Crippen LogP contribution in [0.4, 0.5) is 0 Å². The van der Waals surface area contributed by atoms with Gasteiger partial charge >= 0.3 is 5.97 Å². The highest BCUT2D eigenvalue weighted by Crippen LogP contribution is 2.49. The van der Waals surface area contributed by atoms with Gasteiger partial charge in [0.15, 0.2) is 0 Å². The van der Waals surface area contributed by atoms with Crippen molar-refractivity contribution in [3.8, 4) is 17.1 Å². The van der Waals surface area contributed by atoms with Gasteiger partial charge in [-0.3, -0.25) is 0 Å². The van der Waals surface area contributed by atoms with Crippen molar-refractivity contribution >= 4 is 38.7 Å². The van der Waals surface area contributed by atoms with Crippen LogP contribution >= 0.6 is 0 Å². The first-order valence-corrected chi connectivity index (χ1v) is 14.9. The van der Waals surface area contributed by atoms with Gasteiger partial charge in [-0.1, -0.05) is 43.5 Å². The molecule has 40 heavy (non-hydrogen) atoms. The molecule has 2 fully saturated rings. The molecular weight excluding hydrogens is 502 g/mol. The number of aromatic carboxylic acids is 1. The second-order valence-corrected chi connectivity index (χ2v) is 12.0. The molecule has 3 aliphatic rings. The third-order valence-electron chi connectivity index (χ3n) is 9.81. The minimum Gasteiger partial charge on any atom is -0.493 e. The number of aryl methyl sites for hydroxylation is 2. The lowest BCUT2D eigenvalue weighted by atomic mass is 9.81. The number of carboxylic acid groups (broad SMARTS) is 1. The van der Waals surface area contributed by atoms with Crippen LogP contribution in [0.3, 0.4) is 0 Å². The van der Waals surface area contributed by atoms with E-state index in [1.807, 2.05) is 6.07 Å². The fourth-order valence-electron chi connectivity index (χ4n) is 8.01. The molecule has 5 heterocycles. The summed E-state index contributed by atoms with van der Waals surface area (Å²) in [5.41, 5.74) is 7.31. The first-order chi connectivity index (χ1) is 19.6. The van der Waals surface area contributed by atoms with Crippen LogP contribution in [-0.4, -0.2) is 43.1 Å². The standard InChI is InChI=1S/C33H35N3O4/c37-32-31-26(19-36(32)22-12-16-40-17-13-22)23-8-4-9-25-29(23)35(31)15-5-14-34-27-18-21(33(38)39)10-11-24(27)28(30(25)34)20-6-2-1-3-7-20/h4,8-11,18-20,22,37H,1-3,5-7,12-17H2,(H,38,39). The molecule has 1 saturated heterocycles. The van der Waals surface area contributed by atoms with Crippen LogP contribution in [0, 0.1) is 0 Å². The molecule has 0 radical (unpaired) electrons. The van der Waals surface area contributed by atoms with Crippen LogP contribution in [0.2, 0.25) is 0 Å². The van der Waals surface area contributed by atoms with E-state index in [1.165, 1.54) is 65.2 Å². The fourth-order valence-corrected chi connectivity index (χ4v) is 8.01. The van der Waals surface area contributed by atoms with Crippen LogP contribution in [0.15, 0.2) is 42.6 Å². The second-order valence-electron chi connectivity index (χ2n) is 12.0. The zero-order valence-corrected chi connectivity index (χ0v) is 22.7. The highest BCUT2D eigenvalue weighted by atomic mass is 16.5. The maximum absolute atomic E-state index is 12.0. The lowest BCUT2D eigenvalue weighted by molar-refractivity contribution is 0.0677. The van der Waals surface area contributed by atoms with Gasteiger partial charge in [0.05, 0.1) is 16.8 Å². The molecule has 3 aromatic heterocycles. The Labute approximate surface area is 232 Å². The van der Waals surface area contributed by atoms with E-state index in [0.29, 0.717) is 17.4 Å².